The molecule has 16 heavy (non-hydrogen) atoms. The van der Waals surface area contributed by atoms with Crippen molar-refractivity contribution in [1.29, 1.82) is 0 Å². The van der Waals surface area contributed by atoms with Crippen molar-refractivity contribution in [2.45, 2.75) is 31.4 Å². The van der Waals surface area contributed by atoms with Crippen molar-refractivity contribution >= 4 is 0 Å². The third kappa shape index (κ3) is 2.28. The van der Waals surface area contributed by atoms with Crippen LogP contribution < -0.4 is 5.32 Å². The van der Waals surface area contributed by atoms with Gasteiger partial charge in [0.2, 0.25) is 0 Å². The molecule has 0 bridgehead atoms. The standard InChI is InChI=1S/C14H21NO/c1-10(16-3)14(15-2)13-9-12(13)11-7-5-4-6-8-11/h4-8,10,12-15H,9H2,1-3H3. The van der Waals surface area contributed by atoms with Gasteiger partial charge in [0, 0.05) is 13.2 Å². The first-order chi connectivity index (χ1) is 7.77. The maximum Gasteiger partial charge on any atom is 0.0698 e. The van der Waals surface area contributed by atoms with Crippen LogP contribution in [0.15, 0.2) is 30.3 Å². The lowest BCUT2D eigenvalue weighted by Gasteiger charge is -2.22. The Morgan fingerprint density at radius 2 is 2.00 bits per heavy atom. The fourth-order valence-electron chi connectivity index (χ4n) is 2.64. The highest BCUT2D eigenvalue weighted by molar-refractivity contribution is 5.26. The molecule has 0 aliphatic heterocycles. The van der Waals surface area contributed by atoms with Gasteiger partial charge in [-0.3, -0.25) is 0 Å². The number of nitrogens with one attached hydrogen (secondary N) is 1. The van der Waals surface area contributed by atoms with Gasteiger partial charge in [-0.1, -0.05) is 30.3 Å². The second kappa shape index (κ2) is 4.98. The Balaban J connectivity index is 2.00. The molecule has 1 aromatic rings. The highest BCUT2D eigenvalue weighted by Crippen LogP contribution is 2.50. The van der Waals surface area contributed by atoms with E-state index in [1.54, 1.807) is 7.11 Å². The SMILES string of the molecule is CNC(C(C)OC)C1CC1c1ccccc1. The maximum absolute atomic E-state index is 5.43. The van der Waals surface area contributed by atoms with Gasteiger partial charge in [-0.05, 0) is 37.8 Å². The van der Waals surface area contributed by atoms with Crippen molar-refractivity contribution in [1.82, 2.24) is 5.32 Å². The van der Waals surface area contributed by atoms with E-state index in [-0.39, 0.29) is 6.10 Å². The van der Waals surface area contributed by atoms with Gasteiger partial charge >= 0.3 is 0 Å². The summed E-state index contributed by atoms with van der Waals surface area (Å²) in [6.45, 7) is 2.14. The molecule has 4 unspecified atom stereocenters. The van der Waals surface area contributed by atoms with E-state index in [0.717, 1.165) is 11.8 Å². The molecule has 1 saturated carbocycles. The third-order valence-electron chi connectivity index (χ3n) is 3.74. The van der Waals surface area contributed by atoms with Gasteiger partial charge in [0.05, 0.1) is 6.10 Å². The zero-order valence-electron chi connectivity index (χ0n) is 10.3. The van der Waals surface area contributed by atoms with E-state index in [1.807, 2.05) is 7.05 Å². The molecule has 1 N–H and O–H groups in total. The van der Waals surface area contributed by atoms with Crippen LogP contribution in [0.1, 0.15) is 24.8 Å². The molecule has 88 valence electrons. The number of likely N-dealkylation sites (N-methyl/N-ethyl adjacent to an activating group) is 1. The highest BCUT2D eigenvalue weighted by Gasteiger charge is 2.45. The lowest BCUT2D eigenvalue weighted by Crippen LogP contribution is -2.39. The lowest BCUT2D eigenvalue weighted by atomic mass is 10.0. The number of methoxy groups -OCH3 is 1. The van der Waals surface area contributed by atoms with E-state index in [9.17, 15) is 0 Å². The van der Waals surface area contributed by atoms with Crippen LogP contribution in [0.2, 0.25) is 0 Å². The van der Waals surface area contributed by atoms with Crippen LogP contribution >= 0.6 is 0 Å². The van der Waals surface area contributed by atoms with Crippen LogP contribution in [0, 0.1) is 5.92 Å². The van der Waals surface area contributed by atoms with Crippen LogP contribution in [0.5, 0.6) is 0 Å². The zero-order valence-corrected chi connectivity index (χ0v) is 10.3. The molecule has 0 spiro atoms. The van der Waals surface area contributed by atoms with Crippen LogP contribution in [-0.2, 0) is 4.74 Å². The minimum atomic E-state index is 0.281. The van der Waals surface area contributed by atoms with Crippen LogP contribution in [0.4, 0.5) is 0 Å². The lowest BCUT2D eigenvalue weighted by molar-refractivity contribution is 0.0777. The second-order valence-corrected chi connectivity index (χ2v) is 4.67. The zero-order chi connectivity index (χ0) is 11.5. The molecule has 0 saturated heterocycles. The molecule has 0 radical (unpaired) electrons. The Bertz CT molecular complexity index is 325. The van der Waals surface area contributed by atoms with Crippen molar-refractivity contribution in [2.24, 2.45) is 5.92 Å². The van der Waals surface area contributed by atoms with Gasteiger partial charge in [0.15, 0.2) is 0 Å². The average molecular weight is 219 g/mol. The first-order valence-corrected chi connectivity index (χ1v) is 6.03. The Morgan fingerprint density at radius 3 is 2.56 bits per heavy atom. The molecular formula is C14H21NO. The molecule has 2 rings (SSSR count). The molecule has 1 aliphatic carbocycles. The van der Waals surface area contributed by atoms with E-state index in [4.69, 9.17) is 4.74 Å². The van der Waals surface area contributed by atoms with Gasteiger partial charge in [-0.25, -0.2) is 0 Å². The fraction of sp³-hybridized carbons (Fsp3) is 0.571. The number of rotatable bonds is 5. The molecule has 1 fully saturated rings. The first kappa shape index (κ1) is 11.6. The normalized spacial score (nSPS) is 27.4. The summed E-state index contributed by atoms with van der Waals surface area (Å²) in [5.74, 6) is 1.44. The van der Waals surface area contributed by atoms with Crippen molar-refractivity contribution < 1.29 is 4.74 Å². The molecule has 4 atom stereocenters. The molecule has 0 amide bonds. The van der Waals surface area contributed by atoms with Crippen molar-refractivity contribution in [3.63, 3.8) is 0 Å². The molecule has 2 heteroatoms. The van der Waals surface area contributed by atoms with Gasteiger partial charge in [0.25, 0.3) is 0 Å². The molecule has 1 aliphatic rings. The summed E-state index contributed by atoms with van der Waals surface area (Å²) in [5, 5.41) is 3.39. The maximum atomic E-state index is 5.43. The molecular weight excluding hydrogens is 198 g/mol. The number of benzene rings is 1. The van der Waals surface area contributed by atoms with Gasteiger partial charge in [-0.2, -0.15) is 0 Å². The predicted molar refractivity (Wildman–Crippen MR) is 66.6 cm³/mol. The van der Waals surface area contributed by atoms with Crippen LogP contribution in [-0.4, -0.2) is 26.3 Å². The Hall–Kier alpha value is -0.860. The third-order valence-corrected chi connectivity index (χ3v) is 3.74. The summed E-state index contributed by atoms with van der Waals surface area (Å²) in [4.78, 5) is 0. The molecule has 0 aromatic heterocycles. The second-order valence-electron chi connectivity index (χ2n) is 4.67. The summed E-state index contributed by atoms with van der Waals surface area (Å²) in [6.07, 6.45) is 1.56. The largest absolute Gasteiger partial charge is 0.380 e. The monoisotopic (exact) mass is 219 g/mol. The highest BCUT2D eigenvalue weighted by atomic mass is 16.5. The van der Waals surface area contributed by atoms with E-state index in [2.05, 4.69) is 42.6 Å². The van der Waals surface area contributed by atoms with Crippen molar-refractivity contribution in [3.05, 3.63) is 35.9 Å². The molecule has 0 heterocycles. The first-order valence-electron chi connectivity index (χ1n) is 6.03. The topological polar surface area (TPSA) is 21.3 Å². The Morgan fingerprint density at radius 1 is 1.31 bits per heavy atom. The summed E-state index contributed by atoms with van der Waals surface area (Å²) >= 11 is 0. The number of hydrogen-bond donors (Lipinski definition) is 1. The fourth-order valence-corrected chi connectivity index (χ4v) is 2.64. The summed E-state index contributed by atoms with van der Waals surface area (Å²) in [5.41, 5.74) is 1.47. The Kier molecular flexibility index (Phi) is 3.62. The summed E-state index contributed by atoms with van der Waals surface area (Å²) in [6, 6.07) is 11.3. The van der Waals surface area contributed by atoms with E-state index < -0.39 is 0 Å². The minimum Gasteiger partial charge on any atom is -0.380 e. The average Bonchev–Trinajstić information content (AvgIpc) is 3.11. The summed E-state index contributed by atoms with van der Waals surface area (Å²) < 4.78 is 5.43. The Labute approximate surface area is 98.0 Å². The minimum absolute atomic E-state index is 0.281. The van der Waals surface area contributed by atoms with Crippen molar-refractivity contribution in [3.8, 4) is 0 Å². The smallest absolute Gasteiger partial charge is 0.0698 e. The number of ether oxygens (including phenoxy) is 1. The van der Waals surface area contributed by atoms with Crippen molar-refractivity contribution in [2.75, 3.05) is 14.2 Å². The van der Waals surface area contributed by atoms with Gasteiger partial charge < -0.3 is 10.1 Å². The van der Waals surface area contributed by atoms with Gasteiger partial charge in [0.1, 0.15) is 0 Å². The molecule has 1 aromatic carbocycles. The van der Waals surface area contributed by atoms with E-state index >= 15 is 0 Å². The summed E-state index contributed by atoms with van der Waals surface area (Å²) in [7, 11) is 3.81. The van der Waals surface area contributed by atoms with E-state index in [0.29, 0.717) is 6.04 Å². The van der Waals surface area contributed by atoms with E-state index in [1.165, 1.54) is 12.0 Å². The predicted octanol–water partition coefficient (Wildman–Crippen LogP) is 2.41. The van der Waals surface area contributed by atoms with Crippen LogP contribution in [0.25, 0.3) is 0 Å². The quantitative estimate of drug-likeness (QED) is 0.821. The molecule has 2 nitrogen and oxygen atoms in total. The van der Waals surface area contributed by atoms with Crippen LogP contribution in [0.3, 0.4) is 0 Å². The van der Waals surface area contributed by atoms with Gasteiger partial charge in [-0.15, -0.1) is 0 Å². The number of hydrogen-bond acceptors (Lipinski definition) is 2.